The van der Waals surface area contributed by atoms with Crippen LogP contribution in [0, 0.1) is 30.6 Å². The zero-order chi connectivity index (χ0) is 5.98. The minimum absolute atomic E-state index is 0.736. The van der Waals surface area contributed by atoms with Crippen LogP contribution in [0.3, 0.4) is 0 Å². The van der Waals surface area contributed by atoms with Gasteiger partial charge in [-0.1, -0.05) is 6.92 Å². The monoisotopic (exact) mass is 107 g/mol. The first kappa shape index (κ1) is 5.69. The molecule has 0 saturated heterocycles. The lowest BCUT2D eigenvalue weighted by Crippen LogP contribution is -1.93. The van der Waals surface area contributed by atoms with Crippen LogP contribution in [0.1, 0.15) is 19.8 Å². The van der Waals surface area contributed by atoms with E-state index in [2.05, 4.69) is 19.3 Å². The van der Waals surface area contributed by atoms with E-state index in [1.54, 1.807) is 0 Å². The summed E-state index contributed by atoms with van der Waals surface area (Å²) in [5, 5.41) is 0. The molecule has 0 aliphatic heterocycles. The molecule has 0 bridgehead atoms. The van der Waals surface area contributed by atoms with Gasteiger partial charge in [0.2, 0.25) is 0 Å². The van der Waals surface area contributed by atoms with Gasteiger partial charge in [-0.3, -0.25) is 0 Å². The average Bonchev–Trinajstić information content (AvgIpc) is 2.45. The maximum atomic E-state index is 5.13. The molecule has 0 amide bonds. The van der Waals surface area contributed by atoms with E-state index in [4.69, 9.17) is 6.42 Å². The predicted molar refractivity (Wildman–Crippen MR) is 35.0 cm³/mol. The maximum absolute atomic E-state index is 5.13. The van der Waals surface area contributed by atoms with Gasteiger partial charge in [-0.2, -0.15) is 0 Å². The summed E-state index contributed by atoms with van der Waals surface area (Å²) in [5.74, 6) is 4.26. The van der Waals surface area contributed by atoms with E-state index in [9.17, 15) is 0 Å². The van der Waals surface area contributed by atoms with E-state index < -0.39 is 0 Å². The lowest BCUT2D eigenvalue weighted by atomic mass is 10.0. The van der Waals surface area contributed by atoms with Crippen molar-refractivity contribution in [2.24, 2.45) is 11.8 Å². The molecule has 0 spiro atoms. The molecule has 0 N–H and O–H groups in total. The standard InChI is InChI=1S/C8H11/c1-3-4-7(2)8-5-6-8/h1,5,7-8H,4,6H2,2H3. The zero-order valence-electron chi connectivity index (χ0n) is 5.22. The summed E-state index contributed by atoms with van der Waals surface area (Å²) in [6, 6.07) is 0. The maximum Gasteiger partial charge on any atom is 0.0114 e. The Bertz CT molecular complexity index is 104. The molecule has 0 heteroatoms. The molecule has 2 atom stereocenters. The molecule has 2 unspecified atom stereocenters. The zero-order valence-corrected chi connectivity index (χ0v) is 5.22. The molecule has 0 aromatic heterocycles. The highest BCUT2D eigenvalue weighted by Crippen LogP contribution is 2.36. The molecule has 0 aromatic carbocycles. The third kappa shape index (κ3) is 1.26. The van der Waals surface area contributed by atoms with E-state index in [1.807, 2.05) is 0 Å². The number of rotatable bonds is 2. The second-order valence-corrected chi connectivity index (χ2v) is 2.52. The van der Waals surface area contributed by atoms with E-state index in [1.165, 1.54) is 6.42 Å². The van der Waals surface area contributed by atoms with Crippen molar-refractivity contribution in [2.45, 2.75) is 19.8 Å². The fraction of sp³-hybridized carbons (Fsp3) is 0.625. The Morgan fingerprint density at radius 3 is 3.00 bits per heavy atom. The predicted octanol–water partition coefficient (Wildman–Crippen LogP) is 1.87. The van der Waals surface area contributed by atoms with Gasteiger partial charge in [0.25, 0.3) is 0 Å². The summed E-state index contributed by atoms with van der Waals surface area (Å²) >= 11 is 0. The van der Waals surface area contributed by atoms with Crippen LogP contribution in [0.15, 0.2) is 0 Å². The van der Waals surface area contributed by atoms with E-state index in [0.717, 1.165) is 18.3 Å². The topological polar surface area (TPSA) is 0 Å². The van der Waals surface area contributed by atoms with Crippen LogP contribution >= 0.6 is 0 Å². The van der Waals surface area contributed by atoms with Gasteiger partial charge in [-0.15, -0.1) is 12.3 Å². The molecule has 1 rings (SSSR count). The third-order valence-electron chi connectivity index (χ3n) is 1.68. The second kappa shape index (κ2) is 2.22. The quantitative estimate of drug-likeness (QED) is 0.472. The van der Waals surface area contributed by atoms with Crippen LogP contribution in [-0.2, 0) is 0 Å². The summed E-state index contributed by atoms with van der Waals surface area (Å²) < 4.78 is 0. The number of hydrogen-bond acceptors (Lipinski definition) is 0. The van der Waals surface area contributed by atoms with Crippen LogP contribution in [0.4, 0.5) is 0 Å². The van der Waals surface area contributed by atoms with E-state index >= 15 is 0 Å². The Hall–Kier alpha value is -0.440. The van der Waals surface area contributed by atoms with Crippen LogP contribution in [0.25, 0.3) is 0 Å². The molecule has 0 nitrogen and oxygen atoms in total. The van der Waals surface area contributed by atoms with Gasteiger partial charge in [0.05, 0.1) is 0 Å². The summed E-state index contributed by atoms with van der Waals surface area (Å²) in [7, 11) is 0. The number of hydrogen-bond donors (Lipinski definition) is 0. The largest absolute Gasteiger partial charge is 0.120 e. The Morgan fingerprint density at radius 1 is 2.00 bits per heavy atom. The molecule has 1 fully saturated rings. The van der Waals surface area contributed by atoms with Gasteiger partial charge in [-0.25, -0.2) is 0 Å². The fourth-order valence-corrected chi connectivity index (χ4v) is 0.880. The first-order valence-electron chi connectivity index (χ1n) is 3.11. The minimum atomic E-state index is 0.736. The van der Waals surface area contributed by atoms with Crippen LogP contribution in [0.5, 0.6) is 0 Å². The Labute approximate surface area is 51.3 Å². The highest BCUT2D eigenvalue weighted by Gasteiger charge is 2.27. The Balaban J connectivity index is 2.15. The van der Waals surface area contributed by atoms with Gasteiger partial charge >= 0.3 is 0 Å². The van der Waals surface area contributed by atoms with Crippen LogP contribution < -0.4 is 0 Å². The molecule has 0 aromatic rings. The molecular formula is C8H11. The van der Waals surface area contributed by atoms with Crippen molar-refractivity contribution >= 4 is 0 Å². The molecule has 1 saturated carbocycles. The fourth-order valence-electron chi connectivity index (χ4n) is 0.880. The van der Waals surface area contributed by atoms with Gasteiger partial charge in [-0.05, 0) is 24.7 Å². The normalized spacial score (nSPS) is 22.0. The van der Waals surface area contributed by atoms with Crippen molar-refractivity contribution in [3.8, 4) is 12.3 Å². The molecule has 8 heavy (non-hydrogen) atoms. The molecular weight excluding hydrogens is 96.1 g/mol. The minimum Gasteiger partial charge on any atom is -0.120 e. The Morgan fingerprint density at radius 2 is 2.62 bits per heavy atom. The first-order valence-corrected chi connectivity index (χ1v) is 3.11. The van der Waals surface area contributed by atoms with Crippen molar-refractivity contribution in [3.63, 3.8) is 0 Å². The Kier molecular flexibility index (Phi) is 1.58. The first-order chi connectivity index (χ1) is 3.84. The lowest BCUT2D eigenvalue weighted by Gasteiger charge is -2.01. The highest BCUT2D eigenvalue weighted by atomic mass is 14.3. The highest BCUT2D eigenvalue weighted by molar-refractivity contribution is 5.01. The van der Waals surface area contributed by atoms with E-state index in [0.29, 0.717) is 0 Å². The van der Waals surface area contributed by atoms with Crippen molar-refractivity contribution in [2.75, 3.05) is 0 Å². The van der Waals surface area contributed by atoms with Crippen molar-refractivity contribution in [3.05, 3.63) is 6.42 Å². The second-order valence-electron chi connectivity index (χ2n) is 2.52. The SMILES string of the molecule is C#CCC(C)C1[CH]C1. The summed E-state index contributed by atoms with van der Waals surface area (Å²) in [5.41, 5.74) is 0. The van der Waals surface area contributed by atoms with Crippen molar-refractivity contribution in [1.29, 1.82) is 0 Å². The van der Waals surface area contributed by atoms with Crippen molar-refractivity contribution < 1.29 is 0 Å². The van der Waals surface area contributed by atoms with Gasteiger partial charge in [0, 0.05) is 6.42 Å². The third-order valence-corrected chi connectivity index (χ3v) is 1.68. The van der Waals surface area contributed by atoms with Crippen LogP contribution in [-0.4, -0.2) is 0 Å². The van der Waals surface area contributed by atoms with Gasteiger partial charge in [0.15, 0.2) is 0 Å². The molecule has 1 radical (unpaired) electrons. The summed E-state index contributed by atoms with van der Waals surface area (Å²) in [4.78, 5) is 0. The smallest absolute Gasteiger partial charge is 0.0114 e. The molecule has 1 aliphatic carbocycles. The van der Waals surface area contributed by atoms with Gasteiger partial charge < -0.3 is 0 Å². The van der Waals surface area contributed by atoms with E-state index in [-0.39, 0.29) is 0 Å². The number of terminal acetylenes is 1. The molecule has 43 valence electrons. The van der Waals surface area contributed by atoms with Crippen molar-refractivity contribution in [1.82, 2.24) is 0 Å². The molecule has 1 aliphatic rings. The van der Waals surface area contributed by atoms with Crippen LogP contribution in [0.2, 0.25) is 0 Å². The summed E-state index contributed by atoms with van der Waals surface area (Å²) in [6.45, 7) is 2.22. The average molecular weight is 107 g/mol. The van der Waals surface area contributed by atoms with Gasteiger partial charge in [0.1, 0.15) is 0 Å². The summed E-state index contributed by atoms with van der Waals surface area (Å²) in [6.07, 6.45) is 9.69. The lowest BCUT2D eigenvalue weighted by molar-refractivity contribution is 0.539. The molecule has 0 heterocycles.